The standard InChI is InChI=1S/C17H17N3O3/c1-12(2)14-6-8-15(9-7-14)17(21)19-18-11-13-4-3-5-16(10-13)20(22)23/h3-12H,1-2H3,(H,19,21). The third-order valence-corrected chi connectivity index (χ3v) is 3.30. The number of hydrogen-bond donors (Lipinski definition) is 1. The minimum Gasteiger partial charge on any atom is -0.267 e. The Morgan fingerprint density at radius 1 is 1.22 bits per heavy atom. The maximum absolute atomic E-state index is 12.0. The highest BCUT2D eigenvalue weighted by Gasteiger charge is 2.06. The van der Waals surface area contributed by atoms with E-state index in [0.717, 1.165) is 5.56 Å². The van der Waals surface area contributed by atoms with E-state index in [-0.39, 0.29) is 11.6 Å². The molecular weight excluding hydrogens is 294 g/mol. The molecule has 0 aromatic heterocycles. The molecule has 2 rings (SSSR count). The van der Waals surface area contributed by atoms with E-state index in [0.29, 0.717) is 17.0 Å². The number of hydrazone groups is 1. The number of nitro groups is 1. The zero-order valence-corrected chi connectivity index (χ0v) is 12.9. The molecule has 0 heterocycles. The fraction of sp³-hybridized carbons (Fsp3) is 0.176. The predicted octanol–water partition coefficient (Wildman–Crippen LogP) is 3.48. The summed E-state index contributed by atoms with van der Waals surface area (Å²) in [5.41, 5.74) is 4.58. The van der Waals surface area contributed by atoms with Gasteiger partial charge in [-0.1, -0.05) is 38.1 Å². The lowest BCUT2D eigenvalue weighted by molar-refractivity contribution is -0.384. The van der Waals surface area contributed by atoms with E-state index in [2.05, 4.69) is 24.4 Å². The molecule has 0 radical (unpaired) electrons. The molecule has 6 nitrogen and oxygen atoms in total. The Morgan fingerprint density at radius 3 is 2.52 bits per heavy atom. The van der Waals surface area contributed by atoms with Gasteiger partial charge in [-0.05, 0) is 23.6 Å². The number of hydrogen-bond acceptors (Lipinski definition) is 4. The van der Waals surface area contributed by atoms with Gasteiger partial charge >= 0.3 is 0 Å². The molecule has 2 aromatic rings. The van der Waals surface area contributed by atoms with Gasteiger partial charge in [0.2, 0.25) is 0 Å². The fourth-order valence-corrected chi connectivity index (χ4v) is 1.97. The Balaban J connectivity index is 2.01. The van der Waals surface area contributed by atoms with E-state index in [1.54, 1.807) is 24.3 Å². The Morgan fingerprint density at radius 2 is 1.91 bits per heavy atom. The van der Waals surface area contributed by atoms with Crippen LogP contribution in [0.25, 0.3) is 0 Å². The van der Waals surface area contributed by atoms with Gasteiger partial charge in [-0.15, -0.1) is 0 Å². The Kier molecular flexibility index (Phi) is 5.19. The van der Waals surface area contributed by atoms with Gasteiger partial charge in [0.25, 0.3) is 11.6 Å². The maximum atomic E-state index is 12.0. The third-order valence-electron chi connectivity index (χ3n) is 3.30. The molecule has 118 valence electrons. The van der Waals surface area contributed by atoms with Gasteiger partial charge in [-0.3, -0.25) is 14.9 Å². The van der Waals surface area contributed by atoms with Crippen molar-refractivity contribution >= 4 is 17.8 Å². The van der Waals surface area contributed by atoms with Crippen molar-refractivity contribution in [3.8, 4) is 0 Å². The monoisotopic (exact) mass is 311 g/mol. The largest absolute Gasteiger partial charge is 0.271 e. The van der Waals surface area contributed by atoms with Crippen molar-refractivity contribution in [3.05, 3.63) is 75.3 Å². The van der Waals surface area contributed by atoms with Gasteiger partial charge in [-0.2, -0.15) is 5.10 Å². The summed E-state index contributed by atoms with van der Waals surface area (Å²) in [6.07, 6.45) is 1.37. The summed E-state index contributed by atoms with van der Waals surface area (Å²) in [5, 5.41) is 14.5. The number of non-ortho nitro benzene ring substituents is 1. The van der Waals surface area contributed by atoms with Crippen LogP contribution in [0.15, 0.2) is 53.6 Å². The second kappa shape index (κ2) is 7.31. The van der Waals surface area contributed by atoms with E-state index in [9.17, 15) is 14.9 Å². The van der Waals surface area contributed by atoms with Crippen LogP contribution in [0, 0.1) is 10.1 Å². The van der Waals surface area contributed by atoms with Crippen LogP contribution >= 0.6 is 0 Å². The second-order valence-corrected chi connectivity index (χ2v) is 5.33. The van der Waals surface area contributed by atoms with Crippen LogP contribution in [-0.4, -0.2) is 17.0 Å². The molecule has 0 saturated carbocycles. The Hall–Kier alpha value is -3.02. The lowest BCUT2D eigenvalue weighted by Gasteiger charge is -2.05. The summed E-state index contributed by atoms with van der Waals surface area (Å²) >= 11 is 0. The van der Waals surface area contributed by atoms with Gasteiger partial charge in [0.15, 0.2) is 0 Å². The molecule has 0 atom stereocenters. The highest BCUT2D eigenvalue weighted by molar-refractivity contribution is 5.94. The number of rotatable bonds is 5. The summed E-state index contributed by atoms with van der Waals surface area (Å²) in [6, 6.07) is 13.3. The van der Waals surface area contributed by atoms with Gasteiger partial charge in [0.05, 0.1) is 11.1 Å². The van der Waals surface area contributed by atoms with E-state index >= 15 is 0 Å². The van der Waals surface area contributed by atoms with Crippen LogP contribution < -0.4 is 5.43 Å². The molecular formula is C17H17N3O3. The molecule has 0 spiro atoms. The highest BCUT2D eigenvalue weighted by Crippen LogP contribution is 2.14. The van der Waals surface area contributed by atoms with E-state index < -0.39 is 4.92 Å². The molecule has 0 bridgehead atoms. The van der Waals surface area contributed by atoms with Crippen molar-refractivity contribution in [3.63, 3.8) is 0 Å². The van der Waals surface area contributed by atoms with E-state index in [1.807, 2.05) is 12.1 Å². The number of carbonyl (C=O) groups is 1. The van der Waals surface area contributed by atoms with E-state index in [4.69, 9.17) is 0 Å². The molecule has 2 aromatic carbocycles. The average Bonchev–Trinajstić information content (AvgIpc) is 2.55. The van der Waals surface area contributed by atoms with Crippen molar-refractivity contribution in [2.45, 2.75) is 19.8 Å². The predicted molar refractivity (Wildman–Crippen MR) is 88.7 cm³/mol. The molecule has 0 fully saturated rings. The highest BCUT2D eigenvalue weighted by atomic mass is 16.6. The molecule has 0 unspecified atom stereocenters. The molecule has 23 heavy (non-hydrogen) atoms. The van der Waals surface area contributed by atoms with E-state index in [1.165, 1.54) is 18.3 Å². The smallest absolute Gasteiger partial charge is 0.267 e. The summed E-state index contributed by atoms with van der Waals surface area (Å²) in [5.74, 6) is 0.0704. The summed E-state index contributed by atoms with van der Waals surface area (Å²) in [7, 11) is 0. The zero-order valence-electron chi connectivity index (χ0n) is 12.9. The first kappa shape index (κ1) is 16.4. The zero-order chi connectivity index (χ0) is 16.8. The quantitative estimate of drug-likeness (QED) is 0.521. The summed E-state index contributed by atoms with van der Waals surface area (Å²) in [4.78, 5) is 22.2. The van der Waals surface area contributed by atoms with Crippen LogP contribution in [0.1, 0.15) is 41.3 Å². The average molecular weight is 311 g/mol. The fourth-order valence-electron chi connectivity index (χ4n) is 1.97. The van der Waals surface area contributed by atoms with Crippen molar-refractivity contribution in [2.24, 2.45) is 5.10 Å². The first-order valence-electron chi connectivity index (χ1n) is 7.15. The number of nitrogens with zero attached hydrogens (tertiary/aromatic N) is 2. The molecule has 0 aliphatic heterocycles. The van der Waals surface area contributed by atoms with Gasteiger partial charge in [0.1, 0.15) is 0 Å². The minimum atomic E-state index is -0.480. The van der Waals surface area contributed by atoms with Gasteiger partial charge < -0.3 is 0 Å². The topological polar surface area (TPSA) is 84.6 Å². The maximum Gasteiger partial charge on any atom is 0.271 e. The van der Waals surface area contributed by atoms with Crippen LogP contribution in [0.2, 0.25) is 0 Å². The van der Waals surface area contributed by atoms with Crippen molar-refractivity contribution in [1.29, 1.82) is 0 Å². The van der Waals surface area contributed by atoms with Crippen molar-refractivity contribution < 1.29 is 9.72 Å². The normalized spacial score (nSPS) is 10.9. The number of amides is 1. The van der Waals surface area contributed by atoms with Gasteiger partial charge in [0, 0.05) is 23.3 Å². The van der Waals surface area contributed by atoms with Crippen LogP contribution in [0.5, 0.6) is 0 Å². The molecule has 0 aliphatic rings. The summed E-state index contributed by atoms with van der Waals surface area (Å²) < 4.78 is 0. The molecule has 0 saturated heterocycles. The van der Waals surface area contributed by atoms with Gasteiger partial charge in [-0.25, -0.2) is 5.43 Å². The Labute approximate surface area is 134 Å². The number of benzene rings is 2. The van der Waals surface area contributed by atoms with Crippen LogP contribution in [-0.2, 0) is 0 Å². The minimum absolute atomic E-state index is 0.0236. The van der Waals surface area contributed by atoms with Crippen molar-refractivity contribution in [1.82, 2.24) is 5.43 Å². The summed E-state index contributed by atoms with van der Waals surface area (Å²) in [6.45, 7) is 4.16. The Bertz CT molecular complexity index is 737. The molecule has 1 N–H and O–H groups in total. The van der Waals surface area contributed by atoms with Crippen molar-refractivity contribution in [2.75, 3.05) is 0 Å². The van der Waals surface area contributed by atoms with Crippen LogP contribution in [0.3, 0.4) is 0 Å². The number of nitrogens with one attached hydrogen (secondary N) is 1. The third kappa shape index (κ3) is 4.47. The molecule has 1 amide bonds. The second-order valence-electron chi connectivity index (χ2n) is 5.33. The number of carbonyl (C=O) groups excluding carboxylic acids is 1. The first-order valence-corrected chi connectivity index (χ1v) is 7.15. The molecule has 6 heteroatoms. The number of nitro benzene ring substituents is 1. The first-order chi connectivity index (χ1) is 11.0. The van der Waals surface area contributed by atoms with Crippen LogP contribution in [0.4, 0.5) is 5.69 Å². The SMILES string of the molecule is CC(C)c1ccc(C(=O)NN=Cc2cccc([N+](=O)[O-])c2)cc1. The molecule has 0 aliphatic carbocycles. The lowest BCUT2D eigenvalue weighted by atomic mass is 10.0. The lowest BCUT2D eigenvalue weighted by Crippen LogP contribution is -2.17.